The van der Waals surface area contributed by atoms with Gasteiger partial charge in [-0.25, -0.2) is 4.98 Å². The number of carbonyl (C=O) groups excluding carboxylic acids is 1. The predicted molar refractivity (Wildman–Crippen MR) is 95.5 cm³/mol. The van der Waals surface area contributed by atoms with Crippen LogP contribution in [0.1, 0.15) is 53.4 Å². The van der Waals surface area contributed by atoms with Crippen LogP contribution in [0.4, 0.5) is 0 Å². The Kier molecular flexibility index (Phi) is 5.43. The molecule has 0 aromatic carbocycles. The highest BCUT2D eigenvalue weighted by atomic mass is 16.3. The van der Waals surface area contributed by atoms with Crippen molar-refractivity contribution in [3.63, 3.8) is 0 Å². The highest BCUT2D eigenvalue weighted by molar-refractivity contribution is 5.92. The van der Waals surface area contributed by atoms with Crippen molar-refractivity contribution in [2.24, 2.45) is 0 Å². The number of aromatic amines is 1. The van der Waals surface area contributed by atoms with E-state index in [2.05, 4.69) is 39.3 Å². The molecule has 3 aromatic heterocycles. The molecule has 8 heteroatoms. The molecule has 8 nitrogen and oxygen atoms in total. The molecule has 3 aromatic rings. The zero-order valence-corrected chi connectivity index (χ0v) is 14.8. The number of nitrogens with one attached hydrogen (secondary N) is 2. The Labute approximate surface area is 151 Å². The van der Waals surface area contributed by atoms with E-state index in [9.17, 15) is 9.90 Å². The summed E-state index contributed by atoms with van der Waals surface area (Å²) in [6.07, 6.45) is 6.92. The number of hydrogen-bond donors (Lipinski definition) is 3. The number of rotatable bonds is 7. The zero-order valence-electron chi connectivity index (χ0n) is 14.8. The van der Waals surface area contributed by atoms with Crippen LogP contribution in [0.5, 0.6) is 0 Å². The van der Waals surface area contributed by atoms with Crippen LogP contribution in [0, 0.1) is 0 Å². The molecule has 0 aliphatic carbocycles. The van der Waals surface area contributed by atoms with Crippen molar-refractivity contribution in [2.45, 2.75) is 32.4 Å². The predicted octanol–water partition coefficient (Wildman–Crippen LogP) is 1.64. The number of aliphatic hydroxyl groups excluding tert-OH is 1. The molecule has 0 aliphatic heterocycles. The van der Waals surface area contributed by atoms with Gasteiger partial charge < -0.3 is 15.0 Å². The summed E-state index contributed by atoms with van der Waals surface area (Å²) in [6.45, 7) is 4.50. The van der Waals surface area contributed by atoms with Gasteiger partial charge in [0.1, 0.15) is 11.5 Å². The lowest BCUT2D eigenvalue weighted by Crippen LogP contribution is -2.31. The van der Waals surface area contributed by atoms with E-state index in [1.54, 1.807) is 36.8 Å². The van der Waals surface area contributed by atoms with Crippen LogP contribution >= 0.6 is 0 Å². The third kappa shape index (κ3) is 3.97. The molecule has 1 amide bonds. The van der Waals surface area contributed by atoms with Gasteiger partial charge in [-0.3, -0.25) is 14.9 Å². The normalized spacial score (nSPS) is 12.3. The van der Waals surface area contributed by atoms with Gasteiger partial charge in [-0.1, -0.05) is 19.9 Å². The number of amides is 1. The summed E-state index contributed by atoms with van der Waals surface area (Å²) in [7, 11) is 0. The number of pyridine rings is 1. The molecule has 0 fully saturated rings. The van der Waals surface area contributed by atoms with E-state index < -0.39 is 6.04 Å². The zero-order chi connectivity index (χ0) is 18.5. The van der Waals surface area contributed by atoms with Crippen LogP contribution in [-0.2, 0) is 6.54 Å². The molecule has 0 saturated heterocycles. The number of aliphatic hydroxyl groups is 1. The first kappa shape index (κ1) is 17.8. The third-order valence-corrected chi connectivity index (χ3v) is 4.04. The van der Waals surface area contributed by atoms with Crippen LogP contribution < -0.4 is 5.32 Å². The summed E-state index contributed by atoms with van der Waals surface area (Å²) in [4.78, 5) is 20.8. The van der Waals surface area contributed by atoms with Crippen molar-refractivity contribution in [2.75, 3.05) is 6.61 Å². The maximum absolute atomic E-state index is 12.4. The first-order valence-electron chi connectivity index (χ1n) is 8.45. The quantitative estimate of drug-likeness (QED) is 0.598. The molecule has 26 heavy (non-hydrogen) atoms. The smallest absolute Gasteiger partial charge is 0.272 e. The topological polar surface area (TPSA) is 109 Å². The Morgan fingerprint density at radius 3 is 2.92 bits per heavy atom. The van der Waals surface area contributed by atoms with Crippen molar-refractivity contribution in [1.82, 2.24) is 30.0 Å². The summed E-state index contributed by atoms with van der Waals surface area (Å²) in [5.74, 6) is 0.924. The minimum absolute atomic E-state index is 0.221. The summed E-state index contributed by atoms with van der Waals surface area (Å²) in [5.41, 5.74) is 1.81. The molecule has 0 radical (unpaired) electrons. The molecule has 0 saturated carbocycles. The Bertz CT molecular complexity index is 855. The van der Waals surface area contributed by atoms with Crippen LogP contribution in [-0.4, -0.2) is 42.4 Å². The molecule has 0 aliphatic rings. The van der Waals surface area contributed by atoms with E-state index in [4.69, 9.17) is 0 Å². The van der Waals surface area contributed by atoms with E-state index >= 15 is 0 Å². The Balaban J connectivity index is 1.69. The van der Waals surface area contributed by atoms with E-state index in [-0.39, 0.29) is 18.2 Å². The molecule has 0 bridgehead atoms. The first-order valence-corrected chi connectivity index (χ1v) is 8.45. The Morgan fingerprint density at radius 2 is 2.23 bits per heavy atom. The molecule has 0 unspecified atom stereocenters. The number of hydrogen-bond acceptors (Lipinski definition) is 5. The number of carbonyl (C=O) groups is 1. The van der Waals surface area contributed by atoms with Gasteiger partial charge in [-0.2, -0.15) is 5.10 Å². The molecule has 3 heterocycles. The fraction of sp³-hybridized carbons (Fsp3) is 0.333. The lowest BCUT2D eigenvalue weighted by molar-refractivity contribution is 0.0911. The molecular formula is C18H22N6O2. The molecule has 3 rings (SSSR count). The largest absolute Gasteiger partial charge is 0.394 e. The molecule has 0 spiro atoms. The van der Waals surface area contributed by atoms with Crippen LogP contribution in [0.15, 0.2) is 43.0 Å². The van der Waals surface area contributed by atoms with Gasteiger partial charge in [0.05, 0.1) is 24.9 Å². The van der Waals surface area contributed by atoms with Gasteiger partial charge in [0.15, 0.2) is 0 Å². The molecular weight excluding hydrogens is 332 g/mol. The number of H-pyrrole nitrogens is 1. The van der Waals surface area contributed by atoms with Gasteiger partial charge in [0.2, 0.25) is 0 Å². The van der Waals surface area contributed by atoms with Crippen molar-refractivity contribution >= 4 is 5.91 Å². The second-order valence-corrected chi connectivity index (χ2v) is 6.34. The highest BCUT2D eigenvalue weighted by Gasteiger charge is 2.18. The van der Waals surface area contributed by atoms with Gasteiger partial charge >= 0.3 is 0 Å². The van der Waals surface area contributed by atoms with Gasteiger partial charge in [-0.05, 0) is 17.7 Å². The SMILES string of the molecule is CC(C)c1nccn1Cc1cc(C(=O)N[C@@H](CO)c2cccnc2)n[nH]1. The fourth-order valence-electron chi connectivity index (χ4n) is 2.75. The Morgan fingerprint density at radius 1 is 1.38 bits per heavy atom. The second kappa shape index (κ2) is 7.92. The van der Waals surface area contributed by atoms with E-state index in [1.165, 1.54) is 0 Å². The van der Waals surface area contributed by atoms with Crippen molar-refractivity contribution in [3.05, 3.63) is 65.8 Å². The fourth-order valence-corrected chi connectivity index (χ4v) is 2.75. The van der Waals surface area contributed by atoms with Crippen molar-refractivity contribution in [1.29, 1.82) is 0 Å². The summed E-state index contributed by atoms with van der Waals surface area (Å²) < 4.78 is 2.02. The first-order chi connectivity index (χ1) is 12.6. The molecule has 1 atom stereocenters. The highest BCUT2D eigenvalue weighted by Crippen LogP contribution is 2.14. The average molecular weight is 354 g/mol. The minimum Gasteiger partial charge on any atom is -0.394 e. The lowest BCUT2D eigenvalue weighted by Gasteiger charge is -2.15. The van der Waals surface area contributed by atoms with Gasteiger partial charge in [-0.15, -0.1) is 0 Å². The Hall–Kier alpha value is -3.00. The third-order valence-electron chi connectivity index (χ3n) is 4.04. The standard InChI is InChI=1S/C18H22N6O2/c1-12(2)17-20-6-7-24(17)10-14-8-15(23-22-14)18(26)21-16(11-25)13-4-3-5-19-9-13/h3-9,12,16,25H,10-11H2,1-2H3,(H,21,26)(H,22,23)/t16-/m0/s1. The number of imidazole rings is 1. The molecule has 136 valence electrons. The van der Waals surface area contributed by atoms with E-state index in [0.29, 0.717) is 12.5 Å². The lowest BCUT2D eigenvalue weighted by atomic mass is 10.1. The van der Waals surface area contributed by atoms with E-state index in [0.717, 1.165) is 17.1 Å². The van der Waals surface area contributed by atoms with Crippen LogP contribution in [0.25, 0.3) is 0 Å². The second-order valence-electron chi connectivity index (χ2n) is 6.34. The van der Waals surface area contributed by atoms with Gasteiger partial charge in [0, 0.05) is 30.7 Å². The van der Waals surface area contributed by atoms with Crippen LogP contribution in [0.2, 0.25) is 0 Å². The van der Waals surface area contributed by atoms with Gasteiger partial charge in [0.25, 0.3) is 5.91 Å². The monoisotopic (exact) mass is 354 g/mol. The van der Waals surface area contributed by atoms with Crippen molar-refractivity contribution < 1.29 is 9.90 Å². The average Bonchev–Trinajstić information content (AvgIpc) is 3.30. The van der Waals surface area contributed by atoms with Crippen LogP contribution in [0.3, 0.4) is 0 Å². The maximum Gasteiger partial charge on any atom is 0.272 e. The minimum atomic E-state index is -0.530. The summed E-state index contributed by atoms with van der Waals surface area (Å²) in [5, 5.41) is 19.3. The van der Waals surface area contributed by atoms with E-state index in [1.807, 2.05) is 10.8 Å². The summed E-state index contributed by atoms with van der Waals surface area (Å²) in [6, 6.07) is 4.74. The maximum atomic E-state index is 12.4. The summed E-state index contributed by atoms with van der Waals surface area (Å²) >= 11 is 0. The number of aromatic nitrogens is 5. The molecule has 3 N–H and O–H groups in total. The number of nitrogens with zero attached hydrogens (tertiary/aromatic N) is 4. The van der Waals surface area contributed by atoms with Crippen molar-refractivity contribution in [3.8, 4) is 0 Å².